The molecular formula is C7H14F2N2O. The van der Waals surface area contributed by atoms with E-state index < -0.39 is 12.5 Å². The van der Waals surface area contributed by atoms with Gasteiger partial charge in [0.2, 0.25) is 0 Å². The molecule has 1 fully saturated rings. The Morgan fingerprint density at radius 2 is 2.33 bits per heavy atom. The Balaban J connectivity index is 2.20. The van der Waals surface area contributed by atoms with E-state index in [0.717, 1.165) is 6.54 Å². The second kappa shape index (κ2) is 4.69. The number of halogens is 2. The van der Waals surface area contributed by atoms with Crippen molar-refractivity contribution in [3.63, 3.8) is 0 Å². The fraction of sp³-hybridized carbons (Fsp3) is 1.00. The molecule has 12 heavy (non-hydrogen) atoms. The van der Waals surface area contributed by atoms with E-state index in [2.05, 4.69) is 10.6 Å². The summed E-state index contributed by atoms with van der Waals surface area (Å²) in [5.74, 6) is 0. The van der Waals surface area contributed by atoms with Gasteiger partial charge in [0.05, 0.1) is 12.6 Å². The predicted octanol–water partition coefficient (Wildman–Crippen LogP) is -0.436. The number of rotatable bonds is 3. The van der Waals surface area contributed by atoms with Crippen LogP contribution in [0.1, 0.15) is 6.42 Å². The minimum atomic E-state index is -2.35. The third-order valence-electron chi connectivity index (χ3n) is 1.98. The molecule has 2 unspecified atom stereocenters. The molecule has 0 aromatic carbocycles. The van der Waals surface area contributed by atoms with Crippen LogP contribution in [-0.4, -0.2) is 43.3 Å². The van der Waals surface area contributed by atoms with Crippen LogP contribution in [0.3, 0.4) is 0 Å². The van der Waals surface area contributed by atoms with Crippen LogP contribution in [0, 0.1) is 0 Å². The molecule has 1 aliphatic rings. The van der Waals surface area contributed by atoms with Gasteiger partial charge in [0.1, 0.15) is 0 Å². The molecule has 72 valence electrons. The highest BCUT2D eigenvalue weighted by atomic mass is 19.3. The van der Waals surface area contributed by atoms with Gasteiger partial charge in [-0.1, -0.05) is 0 Å². The second-order valence-electron chi connectivity index (χ2n) is 2.97. The largest absolute Gasteiger partial charge is 0.391 e. The minimum absolute atomic E-state index is 0.229. The summed E-state index contributed by atoms with van der Waals surface area (Å²) < 4.78 is 23.5. The van der Waals surface area contributed by atoms with Crippen LogP contribution >= 0.6 is 0 Å². The van der Waals surface area contributed by atoms with Crippen LogP contribution in [0.25, 0.3) is 0 Å². The van der Waals surface area contributed by atoms with Crippen LogP contribution in [0.5, 0.6) is 0 Å². The lowest BCUT2D eigenvalue weighted by Crippen LogP contribution is -2.52. The van der Waals surface area contributed by atoms with Gasteiger partial charge in [-0.2, -0.15) is 0 Å². The Labute approximate surface area is 70.1 Å². The molecule has 1 aliphatic heterocycles. The molecule has 0 radical (unpaired) electrons. The van der Waals surface area contributed by atoms with Crippen molar-refractivity contribution < 1.29 is 13.9 Å². The molecule has 0 aromatic rings. The molecule has 0 bridgehead atoms. The first kappa shape index (κ1) is 9.83. The van der Waals surface area contributed by atoms with Crippen molar-refractivity contribution in [1.29, 1.82) is 0 Å². The fourth-order valence-corrected chi connectivity index (χ4v) is 1.29. The summed E-state index contributed by atoms with van der Waals surface area (Å²) in [5.41, 5.74) is 0. The molecule has 0 amide bonds. The van der Waals surface area contributed by atoms with Gasteiger partial charge in [-0.05, 0) is 13.0 Å². The summed E-state index contributed by atoms with van der Waals surface area (Å²) in [6, 6.07) is -0.229. The van der Waals surface area contributed by atoms with Crippen molar-refractivity contribution in [3.05, 3.63) is 0 Å². The summed E-state index contributed by atoms with van der Waals surface area (Å²) in [6.45, 7) is 0.977. The molecule has 3 N–H and O–H groups in total. The van der Waals surface area contributed by atoms with E-state index in [1.807, 2.05) is 0 Å². The van der Waals surface area contributed by atoms with Crippen molar-refractivity contribution in [2.75, 3.05) is 19.6 Å². The topological polar surface area (TPSA) is 44.3 Å². The van der Waals surface area contributed by atoms with Crippen molar-refractivity contribution in [3.8, 4) is 0 Å². The third kappa shape index (κ3) is 3.00. The number of nitrogens with one attached hydrogen (secondary N) is 2. The normalized spacial score (nSPS) is 31.0. The van der Waals surface area contributed by atoms with Crippen LogP contribution in [0.4, 0.5) is 8.78 Å². The Hall–Kier alpha value is -0.260. The molecule has 0 aliphatic carbocycles. The first-order chi connectivity index (χ1) is 5.70. The van der Waals surface area contributed by atoms with Crippen molar-refractivity contribution in [2.45, 2.75) is 25.0 Å². The smallest absolute Gasteiger partial charge is 0.250 e. The first-order valence-electron chi connectivity index (χ1n) is 4.10. The fourth-order valence-electron chi connectivity index (χ4n) is 1.29. The third-order valence-corrected chi connectivity index (χ3v) is 1.98. The molecular weight excluding hydrogens is 166 g/mol. The Bertz CT molecular complexity index is 135. The zero-order valence-electron chi connectivity index (χ0n) is 6.76. The SMILES string of the molecule is OC1CCNCC1NCC(F)F. The summed E-state index contributed by atoms with van der Waals surface area (Å²) in [6.07, 6.45) is -2.22. The van der Waals surface area contributed by atoms with Gasteiger partial charge in [0.15, 0.2) is 0 Å². The van der Waals surface area contributed by atoms with Crippen molar-refractivity contribution in [2.24, 2.45) is 0 Å². The molecule has 1 saturated heterocycles. The van der Waals surface area contributed by atoms with Crippen LogP contribution in [-0.2, 0) is 0 Å². The summed E-state index contributed by atoms with van der Waals surface area (Å²) in [4.78, 5) is 0. The molecule has 1 rings (SSSR count). The van der Waals surface area contributed by atoms with E-state index in [1.54, 1.807) is 0 Å². The van der Waals surface area contributed by atoms with Crippen LogP contribution < -0.4 is 10.6 Å². The Morgan fingerprint density at radius 3 is 2.92 bits per heavy atom. The van der Waals surface area contributed by atoms with Crippen LogP contribution in [0.2, 0.25) is 0 Å². The van der Waals surface area contributed by atoms with Gasteiger partial charge in [-0.25, -0.2) is 8.78 Å². The van der Waals surface area contributed by atoms with E-state index in [4.69, 9.17) is 0 Å². The van der Waals surface area contributed by atoms with Gasteiger partial charge < -0.3 is 15.7 Å². The highest BCUT2D eigenvalue weighted by Gasteiger charge is 2.22. The van der Waals surface area contributed by atoms with Gasteiger partial charge >= 0.3 is 0 Å². The maximum atomic E-state index is 11.8. The highest BCUT2D eigenvalue weighted by molar-refractivity contribution is 4.83. The average Bonchev–Trinajstić information content (AvgIpc) is 2.03. The van der Waals surface area contributed by atoms with Crippen LogP contribution in [0.15, 0.2) is 0 Å². The summed E-state index contributed by atoms with van der Waals surface area (Å²) >= 11 is 0. The Kier molecular flexibility index (Phi) is 3.84. The lowest BCUT2D eigenvalue weighted by atomic mass is 10.0. The number of aliphatic hydroxyl groups is 1. The van der Waals surface area contributed by atoms with Crippen molar-refractivity contribution >= 4 is 0 Å². The summed E-state index contributed by atoms with van der Waals surface area (Å²) in [7, 11) is 0. The number of aliphatic hydroxyl groups excluding tert-OH is 1. The molecule has 0 saturated carbocycles. The predicted molar refractivity (Wildman–Crippen MR) is 41.3 cm³/mol. The standard InChI is InChI=1S/C7H14F2N2O/c8-7(9)4-11-5-3-10-2-1-6(5)12/h5-7,10-12H,1-4H2. The lowest BCUT2D eigenvalue weighted by Gasteiger charge is -2.29. The van der Waals surface area contributed by atoms with Gasteiger partial charge in [-0.3, -0.25) is 0 Å². The number of hydrogen-bond donors (Lipinski definition) is 3. The Morgan fingerprint density at radius 1 is 1.58 bits per heavy atom. The van der Waals surface area contributed by atoms with E-state index in [-0.39, 0.29) is 12.6 Å². The molecule has 0 aromatic heterocycles. The number of hydrogen-bond acceptors (Lipinski definition) is 3. The van der Waals surface area contributed by atoms with Crippen molar-refractivity contribution in [1.82, 2.24) is 10.6 Å². The quantitative estimate of drug-likeness (QED) is 0.552. The molecule has 2 atom stereocenters. The van der Waals surface area contributed by atoms with E-state index in [9.17, 15) is 13.9 Å². The molecule has 1 heterocycles. The maximum Gasteiger partial charge on any atom is 0.250 e. The maximum absolute atomic E-state index is 11.8. The molecule has 5 heteroatoms. The zero-order chi connectivity index (χ0) is 8.97. The number of piperidine rings is 1. The number of alkyl halides is 2. The van der Waals surface area contributed by atoms with Gasteiger partial charge in [0.25, 0.3) is 6.43 Å². The first-order valence-corrected chi connectivity index (χ1v) is 4.10. The summed E-state index contributed by atoms with van der Waals surface area (Å²) in [5, 5.41) is 15.0. The average molecular weight is 180 g/mol. The second-order valence-corrected chi connectivity index (χ2v) is 2.97. The van der Waals surface area contributed by atoms with E-state index in [1.165, 1.54) is 0 Å². The molecule has 3 nitrogen and oxygen atoms in total. The monoisotopic (exact) mass is 180 g/mol. The minimum Gasteiger partial charge on any atom is -0.391 e. The van der Waals surface area contributed by atoms with Gasteiger partial charge in [-0.15, -0.1) is 0 Å². The highest BCUT2D eigenvalue weighted by Crippen LogP contribution is 2.03. The lowest BCUT2D eigenvalue weighted by molar-refractivity contribution is 0.0808. The van der Waals surface area contributed by atoms with Gasteiger partial charge in [0, 0.05) is 12.6 Å². The zero-order valence-corrected chi connectivity index (χ0v) is 6.76. The van der Waals surface area contributed by atoms with E-state index in [0.29, 0.717) is 13.0 Å². The molecule has 0 spiro atoms. The van der Waals surface area contributed by atoms with E-state index >= 15 is 0 Å².